The third-order valence-corrected chi connectivity index (χ3v) is 4.43. The molecule has 3 nitrogen and oxygen atoms in total. The molecule has 0 spiro atoms. The SMILES string of the molecule is Cc1cccc2nc(NN=Cc3cccs3)sc12. The van der Waals surface area contributed by atoms with Gasteiger partial charge in [-0.05, 0) is 30.0 Å². The number of hydrogen-bond acceptors (Lipinski definition) is 5. The van der Waals surface area contributed by atoms with Gasteiger partial charge in [-0.25, -0.2) is 4.98 Å². The largest absolute Gasteiger partial charge is 0.253 e. The summed E-state index contributed by atoms with van der Waals surface area (Å²) in [7, 11) is 0. The summed E-state index contributed by atoms with van der Waals surface area (Å²) in [4.78, 5) is 5.61. The Balaban J connectivity index is 1.81. The monoisotopic (exact) mass is 273 g/mol. The lowest BCUT2D eigenvalue weighted by atomic mass is 10.2. The lowest BCUT2D eigenvalue weighted by Crippen LogP contribution is -1.87. The summed E-state index contributed by atoms with van der Waals surface area (Å²) in [6.07, 6.45) is 1.81. The molecule has 0 saturated heterocycles. The molecule has 5 heteroatoms. The topological polar surface area (TPSA) is 37.3 Å². The second-order valence-corrected chi connectivity index (χ2v) is 5.81. The van der Waals surface area contributed by atoms with Crippen LogP contribution < -0.4 is 5.43 Å². The van der Waals surface area contributed by atoms with Gasteiger partial charge in [0.15, 0.2) is 0 Å². The molecule has 3 rings (SSSR count). The van der Waals surface area contributed by atoms with Gasteiger partial charge in [-0.2, -0.15) is 5.10 Å². The maximum absolute atomic E-state index is 4.49. The summed E-state index contributed by atoms with van der Waals surface area (Å²) >= 11 is 3.29. The first-order chi connectivity index (χ1) is 8.83. The molecular formula is C13H11N3S2. The van der Waals surface area contributed by atoms with Crippen molar-refractivity contribution >= 4 is 44.2 Å². The van der Waals surface area contributed by atoms with E-state index >= 15 is 0 Å². The zero-order valence-electron chi connectivity index (χ0n) is 9.75. The van der Waals surface area contributed by atoms with Gasteiger partial charge in [0, 0.05) is 4.88 Å². The molecule has 1 N–H and O–H groups in total. The molecular weight excluding hydrogens is 262 g/mol. The molecule has 0 aliphatic heterocycles. The van der Waals surface area contributed by atoms with Gasteiger partial charge in [0.1, 0.15) is 0 Å². The van der Waals surface area contributed by atoms with E-state index in [9.17, 15) is 0 Å². The van der Waals surface area contributed by atoms with E-state index in [2.05, 4.69) is 28.5 Å². The van der Waals surface area contributed by atoms with Crippen molar-refractivity contribution in [2.45, 2.75) is 6.92 Å². The quantitative estimate of drug-likeness (QED) is 0.576. The molecule has 0 atom stereocenters. The number of nitrogens with zero attached hydrogens (tertiary/aromatic N) is 2. The van der Waals surface area contributed by atoms with Gasteiger partial charge in [0.2, 0.25) is 5.13 Å². The normalized spacial score (nSPS) is 11.4. The molecule has 0 bridgehead atoms. The van der Waals surface area contributed by atoms with Gasteiger partial charge in [-0.1, -0.05) is 29.5 Å². The van der Waals surface area contributed by atoms with Crippen molar-refractivity contribution in [3.63, 3.8) is 0 Å². The molecule has 18 heavy (non-hydrogen) atoms. The van der Waals surface area contributed by atoms with E-state index < -0.39 is 0 Å². The summed E-state index contributed by atoms with van der Waals surface area (Å²) < 4.78 is 1.21. The molecule has 0 amide bonds. The Morgan fingerprint density at radius 3 is 3.00 bits per heavy atom. The van der Waals surface area contributed by atoms with Crippen LogP contribution in [0.15, 0.2) is 40.8 Å². The molecule has 0 aliphatic carbocycles. The number of nitrogens with one attached hydrogen (secondary N) is 1. The van der Waals surface area contributed by atoms with E-state index in [-0.39, 0.29) is 0 Å². The van der Waals surface area contributed by atoms with E-state index in [1.165, 1.54) is 10.3 Å². The molecule has 0 unspecified atom stereocenters. The first-order valence-corrected chi connectivity index (χ1v) is 7.21. The van der Waals surface area contributed by atoms with E-state index in [1.807, 2.05) is 35.9 Å². The smallest absolute Gasteiger partial charge is 0.204 e. The fraction of sp³-hybridized carbons (Fsp3) is 0.0769. The zero-order valence-corrected chi connectivity index (χ0v) is 11.4. The Kier molecular flexibility index (Phi) is 3.08. The minimum atomic E-state index is 0.826. The third-order valence-electron chi connectivity index (χ3n) is 2.51. The van der Waals surface area contributed by atoms with E-state index in [0.717, 1.165) is 15.5 Å². The molecule has 2 aromatic heterocycles. The fourth-order valence-electron chi connectivity index (χ4n) is 1.65. The number of aryl methyl sites for hydroxylation is 1. The van der Waals surface area contributed by atoms with E-state index in [1.54, 1.807) is 22.7 Å². The molecule has 1 aromatic carbocycles. The highest BCUT2D eigenvalue weighted by Gasteiger charge is 2.04. The van der Waals surface area contributed by atoms with Gasteiger partial charge >= 0.3 is 0 Å². The fourth-order valence-corrected chi connectivity index (χ4v) is 3.12. The number of hydrogen-bond donors (Lipinski definition) is 1. The van der Waals surface area contributed by atoms with Gasteiger partial charge in [-0.3, -0.25) is 5.43 Å². The number of thiazole rings is 1. The summed E-state index contributed by atoms with van der Waals surface area (Å²) in [5, 5.41) is 7.05. The summed E-state index contributed by atoms with van der Waals surface area (Å²) in [6, 6.07) is 10.2. The highest BCUT2D eigenvalue weighted by atomic mass is 32.1. The van der Waals surface area contributed by atoms with Crippen molar-refractivity contribution in [1.82, 2.24) is 4.98 Å². The first-order valence-electron chi connectivity index (χ1n) is 5.52. The van der Waals surface area contributed by atoms with E-state index in [0.29, 0.717) is 0 Å². The third kappa shape index (κ3) is 2.27. The molecule has 0 aliphatic rings. The lowest BCUT2D eigenvalue weighted by Gasteiger charge is -1.90. The van der Waals surface area contributed by atoms with Crippen LogP contribution in [0.25, 0.3) is 10.2 Å². The van der Waals surface area contributed by atoms with Gasteiger partial charge in [0.25, 0.3) is 0 Å². The highest BCUT2D eigenvalue weighted by molar-refractivity contribution is 7.22. The Bertz CT molecular complexity index is 683. The number of hydrazone groups is 1. The Morgan fingerprint density at radius 1 is 1.28 bits per heavy atom. The second-order valence-electron chi connectivity index (χ2n) is 3.83. The standard InChI is InChI=1S/C13H11N3S2/c1-9-4-2-6-11-12(9)18-13(15-11)16-14-8-10-5-3-7-17-10/h2-8H,1H3,(H,15,16). The number of anilines is 1. The van der Waals surface area contributed by atoms with Gasteiger partial charge in [0.05, 0.1) is 16.4 Å². The molecule has 3 aromatic rings. The van der Waals surface area contributed by atoms with Crippen molar-refractivity contribution in [2.24, 2.45) is 5.10 Å². The first kappa shape index (κ1) is 11.4. The maximum Gasteiger partial charge on any atom is 0.204 e. The predicted molar refractivity (Wildman–Crippen MR) is 79.9 cm³/mol. The number of rotatable bonds is 3. The minimum absolute atomic E-state index is 0.826. The average molecular weight is 273 g/mol. The highest BCUT2D eigenvalue weighted by Crippen LogP contribution is 2.28. The Morgan fingerprint density at radius 2 is 2.22 bits per heavy atom. The van der Waals surface area contributed by atoms with Crippen molar-refractivity contribution in [3.8, 4) is 0 Å². The van der Waals surface area contributed by atoms with Crippen molar-refractivity contribution in [3.05, 3.63) is 46.2 Å². The number of thiophene rings is 1. The molecule has 90 valence electrons. The number of aromatic nitrogens is 1. The van der Waals surface area contributed by atoms with Crippen LogP contribution >= 0.6 is 22.7 Å². The van der Waals surface area contributed by atoms with Crippen LogP contribution in [-0.2, 0) is 0 Å². The second kappa shape index (κ2) is 4.88. The molecule has 2 heterocycles. The number of fused-ring (bicyclic) bond motifs is 1. The van der Waals surface area contributed by atoms with Crippen LogP contribution in [0.1, 0.15) is 10.4 Å². The Hall–Kier alpha value is -1.72. The van der Waals surface area contributed by atoms with Gasteiger partial charge in [-0.15, -0.1) is 11.3 Å². The number of benzene rings is 1. The summed E-state index contributed by atoms with van der Waals surface area (Å²) in [6.45, 7) is 2.10. The van der Waals surface area contributed by atoms with Gasteiger partial charge < -0.3 is 0 Å². The van der Waals surface area contributed by atoms with E-state index in [4.69, 9.17) is 0 Å². The lowest BCUT2D eigenvalue weighted by molar-refractivity contribution is 1.31. The van der Waals surface area contributed by atoms with Crippen LogP contribution in [0, 0.1) is 6.92 Å². The Labute approximate surface area is 113 Å². The summed E-state index contributed by atoms with van der Waals surface area (Å²) in [5.41, 5.74) is 5.26. The van der Waals surface area contributed by atoms with Crippen LogP contribution in [-0.4, -0.2) is 11.2 Å². The zero-order chi connectivity index (χ0) is 12.4. The van der Waals surface area contributed by atoms with Crippen molar-refractivity contribution < 1.29 is 0 Å². The van der Waals surface area contributed by atoms with Crippen LogP contribution in [0.2, 0.25) is 0 Å². The van der Waals surface area contributed by atoms with Crippen molar-refractivity contribution in [2.75, 3.05) is 5.43 Å². The minimum Gasteiger partial charge on any atom is -0.253 e. The maximum atomic E-state index is 4.49. The van der Waals surface area contributed by atoms with Crippen molar-refractivity contribution in [1.29, 1.82) is 0 Å². The van der Waals surface area contributed by atoms with Crippen LogP contribution in [0.4, 0.5) is 5.13 Å². The molecule has 0 fully saturated rings. The molecule has 0 saturated carbocycles. The predicted octanol–water partition coefficient (Wildman–Crippen LogP) is 4.11. The van der Waals surface area contributed by atoms with Crippen LogP contribution in [0.3, 0.4) is 0 Å². The molecule has 0 radical (unpaired) electrons. The summed E-state index contributed by atoms with van der Waals surface area (Å²) in [5.74, 6) is 0. The van der Waals surface area contributed by atoms with Crippen LogP contribution in [0.5, 0.6) is 0 Å². The average Bonchev–Trinajstić information content (AvgIpc) is 2.98.